The minimum absolute atomic E-state index is 0.0149. The maximum atomic E-state index is 12.0. The van der Waals surface area contributed by atoms with Crippen LogP contribution in [0.15, 0.2) is 24.3 Å². The van der Waals surface area contributed by atoms with Crippen LogP contribution in [-0.4, -0.2) is 18.4 Å². The molecule has 0 heterocycles. The molecule has 1 aromatic rings. The van der Waals surface area contributed by atoms with Crippen molar-refractivity contribution in [1.82, 2.24) is 5.32 Å². The number of rotatable bonds is 7. The molecule has 20 heavy (non-hydrogen) atoms. The summed E-state index contributed by atoms with van der Waals surface area (Å²) < 4.78 is 0. The fraction of sp³-hybridized carbons (Fsp3) is 0.500. The van der Waals surface area contributed by atoms with E-state index in [1.807, 2.05) is 20.8 Å². The SMILES string of the molecule is CCCNC(=O)c1cccc(NC(=O)C(CC)CC)c1. The van der Waals surface area contributed by atoms with Crippen molar-refractivity contribution < 1.29 is 9.59 Å². The van der Waals surface area contributed by atoms with Gasteiger partial charge in [0, 0.05) is 23.7 Å². The molecule has 1 aromatic carbocycles. The van der Waals surface area contributed by atoms with Gasteiger partial charge < -0.3 is 10.6 Å². The van der Waals surface area contributed by atoms with Gasteiger partial charge in [-0.15, -0.1) is 0 Å². The van der Waals surface area contributed by atoms with Gasteiger partial charge in [0.05, 0.1) is 0 Å². The van der Waals surface area contributed by atoms with E-state index in [1.165, 1.54) is 0 Å². The summed E-state index contributed by atoms with van der Waals surface area (Å²) in [5.74, 6) is -0.0702. The number of carbonyl (C=O) groups is 2. The van der Waals surface area contributed by atoms with Crippen molar-refractivity contribution in [3.05, 3.63) is 29.8 Å². The van der Waals surface area contributed by atoms with Crippen LogP contribution < -0.4 is 10.6 Å². The highest BCUT2D eigenvalue weighted by atomic mass is 16.2. The lowest BCUT2D eigenvalue weighted by Gasteiger charge is -2.13. The minimum Gasteiger partial charge on any atom is -0.352 e. The average molecular weight is 276 g/mol. The Kier molecular flexibility index (Phi) is 6.77. The van der Waals surface area contributed by atoms with Crippen LogP contribution in [0.5, 0.6) is 0 Å². The van der Waals surface area contributed by atoms with Crippen LogP contribution in [0.25, 0.3) is 0 Å². The standard InChI is InChI=1S/C16H24N2O2/c1-4-10-17-15(19)13-8-7-9-14(11-13)18-16(20)12(5-2)6-3/h7-9,11-12H,4-6,10H2,1-3H3,(H,17,19)(H,18,20). The summed E-state index contributed by atoms with van der Waals surface area (Å²) in [7, 11) is 0. The third kappa shape index (κ3) is 4.68. The first-order chi connectivity index (χ1) is 9.62. The zero-order chi connectivity index (χ0) is 15.0. The normalized spacial score (nSPS) is 10.4. The Morgan fingerprint density at radius 1 is 1.15 bits per heavy atom. The number of benzene rings is 1. The third-order valence-corrected chi connectivity index (χ3v) is 3.28. The molecule has 0 saturated carbocycles. The van der Waals surface area contributed by atoms with Gasteiger partial charge in [0.25, 0.3) is 5.91 Å². The summed E-state index contributed by atoms with van der Waals surface area (Å²) >= 11 is 0. The highest BCUT2D eigenvalue weighted by molar-refractivity contribution is 5.97. The van der Waals surface area contributed by atoms with Crippen molar-refractivity contribution in [3.8, 4) is 0 Å². The van der Waals surface area contributed by atoms with E-state index < -0.39 is 0 Å². The number of hydrogen-bond acceptors (Lipinski definition) is 2. The molecule has 4 nitrogen and oxygen atoms in total. The van der Waals surface area contributed by atoms with E-state index in [4.69, 9.17) is 0 Å². The van der Waals surface area contributed by atoms with Crippen molar-refractivity contribution >= 4 is 17.5 Å². The second kappa shape index (κ2) is 8.35. The summed E-state index contributed by atoms with van der Waals surface area (Å²) in [5.41, 5.74) is 1.24. The van der Waals surface area contributed by atoms with Gasteiger partial charge in [-0.05, 0) is 37.5 Å². The maximum absolute atomic E-state index is 12.0. The van der Waals surface area contributed by atoms with Gasteiger partial charge in [-0.3, -0.25) is 9.59 Å². The van der Waals surface area contributed by atoms with E-state index in [9.17, 15) is 9.59 Å². The number of anilines is 1. The van der Waals surface area contributed by atoms with E-state index in [0.717, 1.165) is 19.3 Å². The van der Waals surface area contributed by atoms with Crippen molar-refractivity contribution in [1.29, 1.82) is 0 Å². The molecule has 0 unspecified atom stereocenters. The Balaban J connectivity index is 2.73. The molecule has 0 saturated heterocycles. The third-order valence-electron chi connectivity index (χ3n) is 3.28. The predicted octanol–water partition coefficient (Wildman–Crippen LogP) is 3.20. The van der Waals surface area contributed by atoms with Gasteiger partial charge >= 0.3 is 0 Å². The molecule has 2 amide bonds. The van der Waals surface area contributed by atoms with E-state index in [0.29, 0.717) is 17.8 Å². The topological polar surface area (TPSA) is 58.2 Å². The Morgan fingerprint density at radius 3 is 2.45 bits per heavy atom. The van der Waals surface area contributed by atoms with Gasteiger partial charge in [0.1, 0.15) is 0 Å². The lowest BCUT2D eigenvalue weighted by Crippen LogP contribution is -2.24. The molecule has 0 atom stereocenters. The summed E-state index contributed by atoms with van der Waals surface area (Å²) in [4.78, 5) is 23.9. The Hall–Kier alpha value is -1.84. The van der Waals surface area contributed by atoms with Gasteiger partial charge in [0.2, 0.25) is 5.91 Å². The largest absolute Gasteiger partial charge is 0.352 e. The number of hydrogen-bond donors (Lipinski definition) is 2. The van der Waals surface area contributed by atoms with Crippen molar-refractivity contribution in [2.75, 3.05) is 11.9 Å². The average Bonchev–Trinajstić information content (AvgIpc) is 2.46. The zero-order valence-electron chi connectivity index (χ0n) is 12.5. The summed E-state index contributed by atoms with van der Waals surface area (Å²) in [6.45, 7) is 6.67. The maximum Gasteiger partial charge on any atom is 0.251 e. The van der Waals surface area contributed by atoms with Crippen molar-refractivity contribution in [2.24, 2.45) is 5.92 Å². The lowest BCUT2D eigenvalue weighted by molar-refractivity contribution is -0.120. The highest BCUT2D eigenvalue weighted by Gasteiger charge is 2.14. The van der Waals surface area contributed by atoms with Crippen LogP contribution in [0, 0.1) is 5.92 Å². The molecule has 0 fully saturated rings. The Morgan fingerprint density at radius 2 is 1.85 bits per heavy atom. The van der Waals surface area contributed by atoms with Crippen LogP contribution in [0.3, 0.4) is 0 Å². The smallest absolute Gasteiger partial charge is 0.251 e. The van der Waals surface area contributed by atoms with Crippen LogP contribution in [-0.2, 0) is 4.79 Å². The summed E-state index contributed by atoms with van der Waals surface area (Å²) in [6, 6.07) is 7.04. The molecule has 0 aliphatic rings. The molecule has 2 N–H and O–H groups in total. The van der Waals surface area contributed by atoms with E-state index >= 15 is 0 Å². The molecule has 110 valence electrons. The molecule has 0 aliphatic heterocycles. The molecular weight excluding hydrogens is 252 g/mol. The van der Waals surface area contributed by atoms with E-state index in [-0.39, 0.29) is 17.7 Å². The van der Waals surface area contributed by atoms with Crippen LogP contribution in [0.1, 0.15) is 50.4 Å². The van der Waals surface area contributed by atoms with Crippen LogP contribution in [0.4, 0.5) is 5.69 Å². The van der Waals surface area contributed by atoms with Gasteiger partial charge in [-0.25, -0.2) is 0 Å². The fourth-order valence-electron chi connectivity index (χ4n) is 1.98. The quantitative estimate of drug-likeness (QED) is 0.803. The van der Waals surface area contributed by atoms with Gasteiger partial charge in [-0.2, -0.15) is 0 Å². The second-order valence-electron chi connectivity index (χ2n) is 4.84. The molecule has 0 aromatic heterocycles. The number of nitrogens with one attached hydrogen (secondary N) is 2. The summed E-state index contributed by atoms with van der Waals surface area (Å²) in [6.07, 6.45) is 2.54. The monoisotopic (exact) mass is 276 g/mol. The molecule has 0 radical (unpaired) electrons. The Labute approximate surface area is 121 Å². The highest BCUT2D eigenvalue weighted by Crippen LogP contribution is 2.15. The number of carbonyl (C=O) groups excluding carboxylic acids is 2. The van der Waals surface area contributed by atoms with E-state index in [1.54, 1.807) is 24.3 Å². The number of amides is 2. The van der Waals surface area contributed by atoms with Crippen molar-refractivity contribution in [3.63, 3.8) is 0 Å². The van der Waals surface area contributed by atoms with Gasteiger partial charge in [0.15, 0.2) is 0 Å². The van der Waals surface area contributed by atoms with E-state index in [2.05, 4.69) is 10.6 Å². The first-order valence-electron chi connectivity index (χ1n) is 7.31. The molecule has 1 rings (SSSR count). The predicted molar refractivity (Wildman–Crippen MR) is 81.8 cm³/mol. The second-order valence-corrected chi connectivity index (χ2v) is 4.84. The molecule has 0 aliphatic carbocycles. The summed E-state index contributed by atoms with van der Waals surface area (Å²) in [5, 5.41) is 5.70. The molecular formula is C16H24N2O2. The van der Waals surface area contributed by atoms with Crippen LogP contribution >= 0.6 is 0 Å². The first kappa shape index (κ1) is 16.2. The zero-order valence-corrected chi connectivity index (χ0v) is 12.5. The minimum atomic E-state index is -0.106. The lowest BCUT2D eigenvalue weighted by atomic mass is 10.0. The Bertz CT molecular complexity index is 454. The van der Waals surface area contributed by atoms with Crippen molar-refractivity contribution in [2.45, 2.75) is 40.0 Å². The molecule has 4 heteroatoms. The molecule has 0 bridgehead atoms. The fourth-order valence-corrected chi connectivity index (χ4v) is 1.98. The van der Waals surface area contributed by atoms with Gasteiger partial charge in [-0.1, -0.05) is 26.8 Å². The first-order valence-corrected chi connectivity index (χ1v) is 7.31. The van der Waals surface area contributed by atoms with Crippen LogP contribution in [0.2, 0.25) is 0 Å². The molecule has 0 spiro atoms.